The maximum atomic E-state index is 11.8. The first-order valence-corrected chi connectivity index (χ1v) is 6.37. The summed E-state index contributed by atoms with van der Waals surface area (Å²) in [5.74, 6) is 1.26. The van der Waals surface area contributed by atoms with E-state index >= 15 is 0 Å². The van der Waals surface area contributed by atoms with Gasteiger partial charge in [-0.05, 0) is 39.8 Å². The lowest BCUT2D eigenvalue weighted by Crippen LogP contribution is -2.21. The molecule has 0 saturated carbocycles. The zero-order chi connectivity index (χ0) is 13.1. The molecule has 100 valence electrons. The Morgan fingerprint density at radius 1 is 1.50 bits per heavy atom. The summed E-state index contributed by atoms with van der Waals surface area (Å²) in [5, 5.41) is 7.90. The highest BCUT2D eigenvalue weighted by Gasteiger charge is 2.24. The molecule has 18 heavy (non-hydrogen) atoms. The van der Waals surface area contributed by atoms with Crippen LogP contribution in [0.4, 0.5) is 0 Å². The summed E-state index contributed by atoms with van der Waals surface area (Å²) < 4.78 is 6.87. The standard InChI is InChI=1S/C12H20N4O2/c1-4-18-12(17)11-14-13-9(2)16(11)8-10-5-6-15(3)7-10/h10H,4-8H2,1-3H3. The molecule has 0 amide bonds. The summed E-state index contributed by atoms with van der Waals surface area (Å²) in [5.41, 5.74) is 0. The average molecular weight is 252 g/mol. The Morgan fingerprint density at radius 2 is 2.28 bits per heavy atom. The van der Waals surface area contributed by atoms with Crippen molar-refractivity contribution < 1.29 is 9.53 Å². The Balaban J connectivity index is 2.11. The summed E-state index contributed by atoms with van der Waals surface area (Å²) in [4.78, 5) is 14.1. The number of rotatable bonds is 4. The molecule has 0 bridgehead atoms. The first kappa shape index (κ1) is 13.0. The fourth-order valence-corrected chi connectivity index (χ4v) is 2.38. The number of hydrogen-bond donors (Lipinski definition) is 0. The molecule has 0 aliphatic carbocycles. The van der Waals surface area contributed by atoms with E-state index in [0.29, 0.717) is 18.3 Å². The Morgan fingerprint density at radius 3 is 2.89 bits per heavy atom. The van der Waals surface area contributed by atoms with Crippen molar-refractivity contribution in [3.05, 3.63) is 11.6 Å². The smallest absolute Gasteiger partial charge is 0.376 e. The van der Waals surface area contributed by atoms with Gasteiger partial charge in [-0.3, -0.25) is 0 Å². The molecule has 1 unspecified atom stereocenters. The van der Waals surface area contributed by atoms with Crippen LogP contribution in [-0.4, -0.2) is 52.4 Å². The van der Waals surface area contributed by atoms with Gasteiger partial charge in [0.25, 0.3) is 0 Å². The van der Waals surface area contributed by atoms with Gasteiger partial charge in [-0.15, -0.1) is 10.2 Å². The van der Waals surface area contributed by atoms with Crippen molar-refractivity contribution in [3.8, 4) is 0 Å². The van der Waals surface area contributed by atoms with Crippen molar-refractivity contribution in [2.24, 2.45) is 5.92 Å². The van der Waals surface area contributed by atoms with Crippen molar-refractivity contribution in [2.75, 3.05) is 26.7 Å². The maximum Gasteiger partial charge on any atom is 0.376 e. The Labute approximate surface area is 107 Å². The highest BCUT2D eigenvalue weighted by molar-refractivity contribution is 5.85. The molecule has 1 atom stereocenters. The van der Waals surface area contributed by atoms with Gasteiger partial charge in [-0.25, -0.2) is 4.79 Å². The molecular formula is C12H20N4O2. The third-order valence-corrected chi connectivity index (χ3v) is 3.32. The van der Waals surface area contributed by atoms with E-state index < -0.39 is 0 Å². The SMILES string of the molecule is CCOC(=O)c1nnc(C)n1CC1CCN(C)C1. The molecule has 1 saturated heterocycles. The number of hydrogen-bond acceptors (Lipinski definition) is 5. The molecule has 1 aliphatic heterocycles. The van der Waals surface area contributed by atoms with Crippen LogP contribution < -0.4 is 0 Å². The second-order valence-electron chi connectivity index (χ2n) is 4.82. The molecule has 0 N–H and O–H groups in total. The van der Waals surface area contributed by atoms with E-state index in [1.54, 1.807) is 6.92 Å². The molecule has 1 aromatic rings. The molecule has 2 rings (SSSR count). The zero-order valence-corrected chi connectivity index (χ0v) is 11.2. The number of esters is 1. The second-order valence-corrected chi connectivity index (χ2v) is 4.82. The van der Waals surface area contributed by atoms with Gasteiger partial charge in [0.05, 0.1) is 6.61 Å². The van der Waals surface area contributed by atoms with Crippen molar-refractivity contribution in [1.29, 1.82) is 0 Å². The monoisotopic (exact) mass is 252 g/mol. The van der Waals surface area contributed by atoms with Crippen LogP contribution in [0.5, 0.6) is 0 Å². The topological polar surface area (TPSA) is 60.2 Å². The van der Waals surface area contributed by atoms with E-state index in [1.165, 1.54) is 0 Å². The molecule has 1 aromatic heterocycles. The quantitative estimate of drug-likeness (QED) is 0.739. The van der Waals surface area contributed by atoms with Crippen molar-refractivity contribution in [2.45, 2.75) is 26.8 Å². The highest BCUT2D eigenvalue weighted by atomic mass is 16.5. The number of aryl methyl sites for hydroxylation is 1. The van der Waals surface area contributed by atoms with Crippen LogP contribution in [0.3, 0.4) is 0 Å². The van der Waals surface area contributed by atoms with Gasteiger partial charge in [0.1, 0.15) is 5.82 Å². The van der Waals surface area contributed by atoms with Gasteiger partial charge >= 0.3 is 5.97 Å². The lowest BCUT2D eigenvalue weighted by Gasteiger charge is -2.13. The highest BCUT2D eigenvalue weighted by Crippen LogP contribution is 2.18. The largest absolute Gasteiger partial charge is 0.460 e. The molecule has 6 nitrogen and oxygen atoms in total. The van der Waals surface area contributed by atoms with Crippen molar-refractivity contribution in [3.63, 3.8) is 0 Å². The third kappa shape index (κ3) is 2.69. The fraction of sp³-hybridized carbons (Fsp3) is 0.750. The summed E-state index contributed by atoms with van der Waals surface area (Å²) in [6.45, 7) is 6.97. The lowest BCUT2D eigenvalue weighted by molar-refractivity contribution is 0.0504. The molecule has 1 fully saturated rings. The molecule has 2 heterocycles. The molecule has 0 aromatic carbocycles. The minimum Gasteiger partial charge on any atom is -0.460 e. The molecule has 6 heteroatoms. The van der Waals surface area contributed by atoms with Crippen LogP contribution in [0.15, 0.2) is 0 Å². The van der Waals surface area contributed by atoms with Gasteiger partial charge in [0.2, 0.25) is 5.82 Å². The van der Waals surface area contributed by atoms with E-state index in [9.17, 15) is 4.79 Å². The van der Waals surface area contributed by atoms with Crippen molar-refractivity contribution in [1.82, 2.24) is 19.7 Å². The number of likely N-dealkylation sites (tertiary alicyclic amines) is 1. The summed E-state index contributed by atoms with van der Waals surface area (Å²) >= 11 is 0. The minimum atomic E-state index is -0.385. The molecule has 1 aliphatic rings. The second kappa shape index (κ2) is 5.48. The Hall–Kier alpha value is -1.43. The maximum absolute atomic E-state index is 11.8. The van der Waals surface area contributed by atoms with Crippen LogP contribution in [0, 0.1) is 12.8 Å². The first-order valence-electron chi connectivity index (χ1n) is 6.37. The van der Waals surface area contributed by atoms with Crippen LogP contribution in [0.25, 0.3) is 0 Å². The normalized spacial score (nSPS) is 20.3. The van der Waals surface area contributed by atoms with Crippen LogP contribution in [0.1, 0.15) is 29.8 Å². The summed E-state index contributed by atoms with van der Waals surface area (Å²) in [7, 11) is 2.12. The van der Waals surface area contributed by atoms with E-state index in [-0.39, 0.29) is 5.97 Å². The first-order chi connectivity index (χ1) is 8.61. The lowest BCUT2D eigenvalue weighted by atomic mass is 10.1. The van der Waals surface area contributed by atoms with E-state index in [4.69, 9.17) is 4.74 Å². The van der Waals surface area contributed by atoms with Crippen molar-refractivity contribution >= 4 is 5.97 Å². The summed E-state index contributed by atoms with van der Waals surface area (Å²) in [6.07, 6.45) is 1.15. The van der Waals surface area contributed by atoms with Gasteiger partial charge in [-0.1, -0.05) is 0 Å². The Kier molecular flexibility index (Phi) is 3.96. The number of carbonyl (C=O) groups excluding carboxylic acids is 1. The van der Waals surface area contributed by atoms with Crippen LogP contribution in [0.2, 0.25) is 0 Å². The van der Waals surface area contributed by atoms with E-state index in [2.05, 4.69) is 22.1 Å². The predicted molar refractivity (Wildman–Crippen MR) is 66.3 cm³/mol. The average Bonchev–Trinajstić information content (AvgIpc) is 2.88. The van der Waals surface area contributed by atoms with Gasteiger partial charge in [0.15, 0.2) is 0 Å². The van der Waals surface area contributed by atoms with Crippen LogP contribution in [-0.2, 0) is 11.3 Å². The number of ether oxygens (including phenoxy) is 1. The number of nitrogens with zero attached hydrogens (tertiary/aromatic N) is 4. The summed E-state index contributed by atoms with van der Waals surface area (Å²) in [6, 6.07) is 0. The molecule has 0 spiro atoms. The minimum absolute atomic E-state index is 0.323. The van der Waals surface area contributed by atoms with Gasteiger partial charge in [-0.2, -0.15) is 0 Å². The predicted octanol–water partition coefficient (Wildman–Crippen LogP) is 0.715. The fourth-order valence-electron chi connectivity index (χ4n) is 2.38. The third-order valence-electron chi connectivity index (χ3n) is 3.32. The molecular weight excluding hydrogens is 232 g/mol. The van der Waals surface area contributed by atoms with E-state index in [1.807, 2.05) is 11.5 Å². The molecule has 0 radical (unpaired) electrons. The van der Waals surface area contributed by atoms with Gasteiger partial charge in [0, 0.05) is 13.1 Å². The Bertz CT molecular complexity index is 430. The zero-order valence-electron chi connectivity index (χ0n) is 11.2. The van der Waals surface area contributed by atoms with Crippen LogP contribution >= 0.6 is 0 Å². The number of carbonyl (C=O) groups is 1. The van der Waals surface area contributed by atoms with Gasteiger partial charge < -0.3 is 14.2 Å². The number of aromatic nitrogens is 3. The van der Waals surface area contributed by atoms with E-state index in [0.717, 1.165) is 31.9 Å².